The van der Waals surface area contributed by atoms with Crippen molar-refractivity contribution in [2.75, 3.05) is 6.61 Å². The predicted octanol–water partition coefficient (Wildman–Crippen LogP) is 1.40. The van der Waals surface area contributed by atoms with Gasteiger partial charge in [0.15, 0.2) is 5.69 Å². The highest BCUT2D eigenvalue weighted by molar-refractivity contribution is 5.92. The molecular formula is C15H20N4O2. The molecule has 21 heavy (non-hydrogen) atoms. The Morgan fingerprint density at radius 1 is 1.33 bits per heavy atom. The predicted molar refractivity (Wildman–Crippen MR) is 79.2 cm³/mol. The zero-order valence-electron chi connectivity index (χ0n) is 12.2. The first-order chi connectivity index (χ1) is 10.1. The first-order valence-electron chi connectivity index (χ1n) is 6.99. The molecule has 0 radical (unpaired) electrons. The molecule has 2 aromatic rings. The Hall–Kier alpha value is -2.21. The molecule has 2 rings (SSSR count). The fraction of sp³-hybridized carbons (Fsp3) is 0.400. The van der Waals surface area contributed by atoms with E-state index in [1.54, 1.807) is 0 Å². The van der Waals surface area contributed by atoms with Crippen LogP contribution < -0.4 is 5.32 Å². The highest BCUT2D eigenvalue weighted by atomic mass is 16.3. The third-order valence-electron chi connectivity index (χ3n) is 3.02. The van der Waals surface area contributed by atoms with Gasteiger partial charge in [0.25, 0.3) is 5.91 Å². The molecule has 1 aromatic carbocycles. The molecule has 2 N–H and O–H groups in total. The van der Waals surface area contributed by atoms with E-state index in [0.29, 0.717) is 5.92 Å². The van der Waals surface area contributed by atoms with Crippen molar-refractivity contribution in [1.82, 2.24) is 20.3 Å². The lowest BCUT2D eigenvalue weighted by atomic mass is 10.0. The number of nitrogens with zero attached hydrogens (tertiary/aromatic N) is 3. The van der Waals surface area contributed by atoms with E-state index < -0.39 is 0 Å². The number of aliphatic hydroxyl groups excluding tert-OH is 1. The number of aromatic nitrogens is 3. The quantitative estimate of drug-likeness (QED) is 0.842. The molecule has 0 fully saturated rings. The van der Waals surface area contributed by atoms with E-state index in [1.807, 2.05) is 44.2 Å². The molecule has 112 valence electrons. The number of nitrogens with one attached hydrogen (secondary N) is 1. The van der Waals surface area contributed by atoms with Gasteiger partial charge in [0.2, 0.25) is 0 Å². The summed E-state index contributed by atoms with van der Waals surface area (Å²) >= 11 is 0. The third kappa shape index (κ3) is 4.13. The number of benzene rings is 1. The summed E-state index contributed by atoms with van der Waals surface area (Å²) in [4.78, 5) is 13.5. The number of hydrogen-bond acceptors (Lipinski definition) is 4. The Morgan fingerprint density at radius 2 is 2.05 bits per heavy atom. The molecule has 1 aromatic heterocycles. The first kappa shape index (κ1) is 15.2. The summed E-state index contributed by atoms with van der Waals surface area (Å²) in [6, 6.07) is 9.11. The largest absolute Gasteiger partial charge is 0.394 e. The number of hydrogen-bond donors (Lipinski definition) is 2. The monoisotopic (exact) mass is 288 g/mol. The topological polar surface area (TPSA) is 80.0 Å². The SMILES string of the molecule is CC(C)CC(CO)NC(=O)c1cnn(-c2ccccc2)n1. The van der Waals surface area contributed by atoms with Crippen molar-refractivity contribution in [3.05, 3.63) is 42.2 Å². The molecule has 0 spiro atoms. The molecule has 0 saturated carbocycles. The van der Waals surface area contributed by atoms with Crippen LogP contribution >= 0.6 is 0 Å². The number of amides is 1. The summed E-state index contributed by atoms with van der Waals surface area (Å²) in [5, 5.41) is 20.3. The normalized spacial score (nSPS) is 12.4. The molecular weight excluding hydrogens is 268 g/mol. The van der Waals surface area contributed by atoms with Crippen LogP contribution in [0.5, 0.6) is 0 Å². The standard InChI is InChI=1S/C15H20N4O2/c1-11(2)8-12(10-20)17-15(21)14-9-16-19(18-14)13-6-4-3-5-7-13/h3-7,9,11-12,20H,8,10H2,1-2H3,(H,17,21). The number of rotatable bonds is 6. The zero-order chi connectivity index (χ0) is 15.2. The van der Waals surface area contributed by atoms with Crippen molar-refractivity contribution in [3.8, 4) is 5.69 Å². The Labute approximate surface area is 123 Å². The maximum atomic E-state index is 12.1. The average Bonchev–Trinajstić information content (AvgIpc) is 2.97. The van der Waals surface area contributed by atoms with E-state index in [2.05, 4.69) is 15.5 Å². The Balaban J connectivity index is 2.05. The lowest BCUT2D eigenvalue weighted by Gasteiger charge is -2.17. The fourth-order valence-electron chi connectivity index (χ4n) is 2.06. The van der Waals surface area contributed by atoms with E-state index in [-0.39, 0.29) is 24.2 Å². The van der Waals surface area contributed by atoms with E-state index in [4.69, 9.17) is 0 Å². The van der Waals surface area contributed by atoms with Crippen molar-refractivity contribution in [2.45, 2.75) is 26.3 Å². The highest BCUT2D eigenvalue weighted by Gasteiger charge is 2.17. The number of aliphatic hydroxyl groups is 1. The smallest absolute Gasteiger partial charge is 0.273 e. The van der Waals surface area contributed by atoms with Crippen molar-refractivity contribution in [1.29, 1.82) is 0 Å². The van der Waals surface area contributed by atoms with Crippen LogP contribution in [0.4, 0.5) is 0 Å². The van der Waals surface area contributed by atoms with Crippen molar-refractivity contribution in [2.24, 2.45) is 5.92 Å². The summed E-state index contributed by atoms with van der Waals surface area (Å²) in [6.45, 7) is 4.00. The summed E-state index contributed by atoms with van der Waals surface area (Å²) in [5.41, 5.74) is 1.03. The van der Waals surface area contributed by atoms with Crippen LogP contribution in [0, 0.1) is 5.92 Å². The number of carbonyl (C=O) groups is 1. The van der Waals surface area contributed by atoms with Crippen LogP contribution in [-0.4, -0.2) is 38.7 Å². The molecule has 6 nitrogen and oxygen atoms in total. The molecule has 1 amide bonds. The Morgan fingerprint density at radius 3 is 2.67 bits per heavy atom. The van der Waals surface area contributed by atoms with Crippen molar-refractivity contribution < 1.29 is 9.90 Å². The molecule has 0 saturated heterocycles. The second-order valence-corrected chi connectivity index (χ2v) is 5.34. The number of carbonyl (C=O) groups excluding carboxylic acids is 1. The van der Waals surface area contributed by atoms with Gasteiger partial charge in [-0.2, -0.15) is 9.90 Å². The molecule has 0 bridgehead atoms. The van der Waals surface area contributed by atoms with E-state index >= 15 is 0 Å². The minimum Gasteiger partial charge on any atom is -0.394 e. The second kappa shape index (κ2) is 6.99. The van der Waals surface area contributed by atoms with Crippen molar-refractivity contribution in [3.63, 3.8) is 0 Å². The molecule has 6 heteroatoms. The Kier molecular flexibility index (Phi) is 5.05. The average molecular weight is 288 g/mol. The lowest BCUT2D eigenvalue weighted by molar-refractivity contribution is 0.0903. The third-order valence-corrected chi connectivity index (χ3v) is 3.02. The number of para-hydroxylation sites is 1. The maximum absolute atomic E-state index is 12.1. The van der Waals surface area contributed by atoms with E-state index in [0.717, 1.165) is 12.1 Å². The Bertz CT molecular complexity index is 580. The molecule has 1 atom stereocenters. The van der Waals surface area contributed by atoms with Crippen LogP contribution in [0.2, 0.25) is 0 Å². The van der Waals surface area contributed by atoms with Gasteiger partial charge in [0.05, 0.1) is 24.5 Å². The first-order valence-corrected chi connectivity index (χ1v) is 6.99. The summed E-state index contributed by atoms with van der Waals surface area (Å²) in [7, 11) is 0. The molecule has 0 aliphatic carbocycles. The van der Waals surface area contributed by atoms with Gasteiger partial charge in [-0.05, 0) is 24.5 Å². The summed E-state index contributed by atoms with van der Waals surface area (Å²) in [5.74, 6) is 0.0688. The summed E-state index contributed by atoms with van der Waals surface area (Å²) < 4.78 is 0. The lowest BCUT2D eigenvalue weighted by Crippen LogP contribution is -2.38. The van der Waals surface area contributed by atoms with Crippen LogP contribution in [0.15, 0.2) is 36.5 Å². The van der Waals surface area contributed by atoms with Gasteiger partial charge in [-0.1, -0.05) is 32.0 Å². The van der Waals surface area contributed by atoms with Crippen molar-refractivity contribution >= 4 is 5.91 Å². The molecule has 0 aliphatic heterocycles. The zero-order valence-corrected chi connectivity index (χ0v) is 12.2. The van der Waals surface area contributed by atoms with Gasteiger partial charge >= 0.3 is 0 Å². The van der Waals surface area contributed by atoms with Crippen LogP contribution in [0.3, 0.4) is 0 Å². The van der Waals surface area contributed by atoms with E-state index in [9.17, 15) is 9.90 Å². The molecule has 1 unspecified atom stereocenters. The van der Waals surface area contributed by atoms with Crippen LogP contribution in [0.25, 0.3) is 5.69 Å². The minimum atomic E-state index is -0.322. The van der Waals surface area contributed by atoms with Gasteiger partial charge in [-0.15, -0.1) is 5.10 Å². The van der Waals surface area contributed by atoms with Crippen LogP contribution in [0.1, 0.15) is 30.8 Å². The second-order valence-electron chi connectivity index (χ2n) is 5.34. The summed E-state index contributed by atoms with van der Waals surface area (Å²) in [6.07, 6.45) is 2.14. The van der Waals surface area contributed by atoms with Gasteiger partial charge in [-0.25, -0.2) is 0 Å². The molecule has 0 aliphatic rings. The van der Waals surface area contributed by atoms with Gasteiger partial charge in [0.1, 0.15) is 0 Å². The van der Waals surface area contributed by atoms with Gasteiger partial charge in [0, 0.05) is 0 Å². The molecule has 1 heterocycles. The maximum Gasteiger partial charge on any atom is 0.273 e. The van der Waals surface area contributed by atoms with Crippen LogP contribution in [-0.2, 0) is 0 Å². The van der Waals surface area contributed by atoms with E-state index in [1.165, 1.54) is 11.0 Å². The highest BCUT2D eigenvalue weighted by Crippen LogP contribution is 2.07. The fourth-order valence-corrected chi connectivity index (χ4v) is 2.06. The minimum absolute atomic E-state index is 0.0866. The van der Waals surface area contributed by atoms with Gasteiger partial charge < -0.3 is 10.4 Å². The van der Waals surface area contributed by atoms with Gasteiger partial charge in [-0.3, -0.25) is 4.79 Å².